The van der Waals surface area contributed by atoms with Crippen molar-refractivity contribution in [1.29, 1.82) is 0 Å². The molecule has 1 aromatic heterocycles. The molecule has 0 unspecified atom stereocenters. The first-order valence-corrected chi connectivity index (χ1v) is 12.5. The number of hydrogen-bond acceptors (Lipinski definition) is 5. The lowest BCUT2D eigenvalue weighted by Crippen LogP contribution is -2.47. The van der Waals surface area contributed by atoms with Gasteiger partial charge in [-0.05, 0) is 63.4 Å². The third kappa shape index (κ3) is 5.56. The molecule has 6 nitrogen and oxygen atoms in total. The monoisotopic (exact) mass is 500 g/mol. The molecule has 1 aliphatic rings. The number of amides is 1. The minimum atomic E-state index is -0.0721. The van der Waals surface area contributed by atoms with Crippen LogP contribution in [-0.2, 0) is 11.3 Å². The van der Waals surface area contributed by atoms with Gasteiger partial charge in [0.2, 0.25) is 17.6 Å². The number of nitrogens with zero attached hydrogens (tertiary/aromatic N) is 4. The Morgan fingerprint density at radius 2 is 2.00 bits per heavy atom. The van der Waals surface area contributed by atoms with Crippen LogP contribution < -0.4 is 4.90 Å². The van der Waals surface area contributed by atoms with E-state index in [-0.39, 0.29) is 24.4 Å². The quantitative estimate of drug-likeness (QED) is 0.375. The van der Waals surface area contributed by atoms with Gasteiger partial charge in [0.05, 0.1) is 10.9 Å². The van der Waals surface area contributed by atoms with Gasteiger partial charge < -0.3 is 14.3 Å². The van der Waals surface area contributed by atoms with Crippen molar-refractivity contribution in [1.82, 2.24) is 15.0 Å². The van der Waals surface area contributed by atoms with Crippen molar-refractivity contribution in [3.8, 4) is 11.4 Å². The number of hydrogen-bond donors (Lipinski definition) is 0. The number of rotatable bonds is 7. The van der Waals surface area contributed by atoms with Crippen LogP contribution in [0.25, 0.3) is 11.4 Å². The highest BCUT2D eigenvalue weighted by molar-refractivity contribution is 6.36. The zero-order valence-electron chi connectivity index (χ0n) is 19.8. The molecule has 0 bridgehead atoms. The lowest BCUT2D eigenvalue weighted by atomic mass is 9.95. The largest absolute Gasteiger partial charge is 0.371 e. The van der Waals surface area contributed by atoms with E-state index in [1.807, 2.05) is 4.90 Å². The maximum Gasteiger partial charge on any atom is 0.246 e. The Bertz CT molecular complexity index is 1130. The van der Waals surface area contributed by atoms with Crippen molar-refractivity contribution in [3.63, 3.8) is 0 Å². The number of aromatic nitrogens is 2. The molecule has 3 aromatic rings. The van der Waals surface area contributed by atoms with Crippen LogP contribution in [0.15, 0.2) is 47.0 Å². The zero-order valence-corrected chi connectivity index (χ0v) is 21.3. The maximum atomic E-state index is 13.7. The molecular weight excluding hydrogens is 471 g/mol. The Labute approximate surface area is 210 Å². The third-order valence-corrected chi connectivity index (χ3v) is 7.07. The molecule has 0 spiro atoms. The number of benzene rings is 2. The smallest absolute Gasteiger partial charge is 0.246 e. The molecule has 34 heavy (non-hydrogen) atoms. The molecule has 4 rings (SSSR count). The highest BCUT2D eigenvalue weighted by atomic mass is 35.5. The highest BCUT2D eigenvalue weighted by Gasteiger charge is 2.32. The zero-order chi connectivity index (χ0) is 24.2. The molecule has 0 aliphatic carbocycles. The summed E-state index contributed by atoms with van der Waals surface area (Å²) in [4.78, 5) is 22.4. The topological polar surface area (TPSA) is 62.5 Å². The Balaban J connectivity index is 1.50. The molecule has 0 N–H and O–H groups in total. The van der Waals surface area contributed by atoms with E-state index in [1.54, 1.807) is 18.2 Å². The summed E-state index contributed by atoms with van der Waals surface area (Å²) in [5.74, 6) is 0.838. The average Bonchev–Trinajstić information content (AvgIpc) is 3.30. The predicted octanol–water partition coefficient (Wildman–Crippen LogP) is 6.40. The second-order valence-corrected chi connectivity index (χ2v) is 9.82. The van der Waals surface area contributed by atoms with Gasteiger partial charge in [0.1, 0.15) is 6.54 Å². The van der Waals surface area contributed by atoms with Crippen molar-refractivity contribution in [2.45, 2.75) is 52.6 Å². The van der Waals surface area contributed by atoms with Crippen LogP contribution in [0.4, 0.5) is 5.69 Å². The summed E-state index contributed by atoms with van der Waals surface area (Å²) < 4.78 is 5.51. The van der Waals surface area contributed by atoms with Gasteiger partial charge in [-0.25, -0.2) is 0 Å². The Hall–Kier alpha value is -2.57. The fraction of sp³-hybridized carbons (Fsp3) is 0.423. The summed E-state index contributed by atoms with van der Waals surface area (Å²) in [6.45, 7) is 8.17. The summed E-state index contributed by atoms with van der Waals surface area (Å²) >= 11 is 12.3. The number of anilines is 1. The van der Waals surface area contributed by atoms with Crippen LogP contribution in [0.2, 0.25) is 10.0 Å². The van der Waals surface area contributed by atoms with Gasteiger partial charge >= 0.3 is 0 Å². The van der Waals surface area contributed by atoms with E-state index < -0.39 is 0 Å². The van der Waals surface area contributed by atoms with E-state index in [1.165, 1.54) is 11.3 Å². The molecule has 0 radical (unpaired) electrons. The highest BCUT2D eigenvalue weighted by Crippen LogP contribution is 2.29. The van der Waals surface area contributed by atoms with Gasteiger partial charge in [0, 0.05) is 35.4 Å². The van der Waals surface area contributed by atoms with Crippen LogP contribution in [0.5, 0.6) is 0 Å². The van der Waals surface area contributed by atoms with Gasteiger partial charge in [0.25, 0.3) is 0 Å². The summed E-state index contributed by atoms with van der Waals surface area (Å²) in [5, 5.41) is 5.08. The second kappa shape index (κ2) is 10.8. The van der Waals surface area contributed by atoms with Crippen molar-refractivity contribution in [2.24, 2.45) is 5.92 Å². The van der Waals surface area contributed by atoms with E-state index in [4.69, 9.17) is 27.7 Å². The minimum Gasteiger partial charge on any atom is -0.371 e. The number of aryl methyl sites for hydroxylation is 1. The van der Waals surface area contributed by atoms with Gasteiger partial charge in [-0.2, -0.15) is 4.98 Å². The second-order valence-electron chi connectivity index (χ2n) is 8.98. The number of halogens is 2. The summed E-state index contributed by atoms with van der Waals surface area (Å²) in [6, 6.07) is 13.7. The number of carbonyl (C=O) groups is 1. The molecule has 0 saturated carbocycles. The normalized spacial score (nSPS) is 17.0. The van der Waals surface area contributed by atoms with Crippen molar-refractivity contribution in [2.75, 3.05) is 18.0 Å². The summed E-state index contributed by atoms with van der Waals surface area (Å²) in [7, 11) is 0. The lowest BCUT2D eigenvalue weighted by molar-refractivity contribution is -0.139. The van der Waals surface area contributed by atoms with E-state index in [9.17, 15) is 4.79 Å². The molecule has 180 valence electrons. The summed E-state index contributed by atoms with van der Waals surface area (Å²) in [6.07, 6.45) is 2.70. The van der Waals surface area contributed by atoms with Crippen LogP contribution in [0.3, 0.4) is 0 Å². The van der Waals surface area contributed by atoms with Crippen LogP contribution in [0.1, 0.15) is 44.6 Å². The van der Waals surface area contributed by atoms with Crippen LogP contribution in [-0.4, -0.2) is 40.1 Å². The summed E-state index contributed by atoms with van der Waals surface area (Å²) in [5.41, 5.74) is 3.04. The average molecular weight is 501 g/mol. The van der Waals surface area contributed by atoms with E-state index in [2.05, 4.69) is 60.1 Å². The van der Waals surface area contributed by atoms with E-state index in [0.717, 1.165) is 25.8 Å². The fourth-order valence-electron chi connectivity index (χ4n) is 4.32. The van der Waals surface area contributed by atoms with Crippen molar-refractivity contribution < 1.29 is 9.32 Å². The number of piperidine rings is 1. The van der Waals surface area contributed by atoms with E-state index >= 15 is 0 Å². The van der Waals surface area contributed by atoms with Gasteiger partial charge in [0.15, 0.2) is 0 Å². The third-order valence-electron chi connectivity index (χ3n) is 6.52. The van der Waals surface area contributed by atoms with Crippen LogP contribution >= 0.6 is 23.2 Å². The Kier molecular flexibility index (Phi) is 7.79. The molecular formula is C26H30Cl2N4O2. The van der Waals surface area contributed by atoms with E-state index in [0.29, 0.717) is 33.9 Å². The maximum absolute atomic E-state index is 13.7. The lowest BCUT2D eigenvalue weighted by Gasteiger charge is -2.37. The molecule has 1 aliphatic heterocycles. The Morgan fingerprint density at radius 3 is 2.71 bits per heavy atom. The van der Waals surface area contributed by atoms with Crippen molar-refractivity contribution in [3.05, 3.63) is 64.0 Å². The Morgan fingerprint density at radius 1 is 1.24 bits per heavy atom. The first-order chi connectivity index (χ1) is 16.4. The van der Waals surface area contributed by atoms with Gasteiger partial charge in [-0.1, -0.05) is 53.0 Å². The molecule has 1 fully saturated rings. The molecule has 8 heteroatoms. The SMILES string of the molecule is CC[C@H](C)N(Cc1nc(-c2ccc(Cl)cc2Cl)no1)C(=O)[C@@H]1CCCN(c2ccc(C)cc2)C1. The first kappa shape index (κ1) is 24.6. The fourth-order valence-corrected chi connectivity index (χ4v) is 4.81. The molecule has 1 amide bonds. The standard InChI is InChI=1S/C26H30Cl2N4O2/c1-4-18(3)32(16-24-29-25(30-34-24)22-12-9-20(27)14-23(22)28)26(33)19-6-5-13-31(15-19)21-10-7-17(2)8-11-21/h7-12,14,18-19H,4-6,13,15-16H2,1-3H3/t18-,19+/m0/s1. The van der Waals surface area contributed by atoms with Crippen LogP contribution in [0, 0.1) is 12.8 Å². The van der Waals surface area contributed by atoms with Crippen molar-refractivity contribution >= 4 is 34.8 Å². The minimum absolute atomic E-state index is 0.0525. The predicted molar refractivity (Wildman–Crippen MR) is 136 cm³/mol. The molecule has 2 atom stereocenters. The molecule has 2 aromatic carbocycles. The van der Waals surface area contributed by atoms with Gasteiger partial charge in [-0.15, -0.1) is 0 Å². The number of carbonyl (C=O) groups excluding carboxylic acids is 1. The van der Waals surface area contributed by atoms with Gasteiger partial charge in [-0.3, -0.25) is 4.79 Å². The molecule has 1 saturated heterocycles. The molecule has 2 heterocycles. The first-order valence-electron chi connectivity index (χ1n) is 11.8.